The largest absolute Gasteiger partial charge is 0.272 e. The lowest BCUT2D eigenvalue weighted by atomic mass is 10.2. The molecule has 2 N–H and O–H groups in total. The van der Waals surface area contributed by atoms with Crippen LogP contribution in [0.2, 0.25) is 0 Å². The molecule has 0 unspecified atom stereocenters. The molecule has 0 saturated carbocycles. The first-order valence-electron chi connectivity index (χ1n) is 3.72. The average Bonchev–Trinajstić information content (AvgIpc) is 1.99. The molecule has 0 heterocycles. The third-order valence-corrected chi connectivity index (χ3v) is 2.26. The van der Waals surface area contributed by atoms with E-state index < -0.39 is 32.2 Å². The van der Waals surface area contributed by atoms with Gasteiger partial charge in [0.05, 0.1) is 16.7 Å². The summed E-state index contributed by atoms with van der Waals surface area (Å²) >= 11 is 0. The van der Waals surface area contributed by atoms with Gasteiger partial charge in [0, 0.05) is 6.07 Å². The van der Waals surface area contributed by atoms with Crippen molar-refractivity contribution in [3.05, 3.63) is 39.7 Å². The molecule has 8 heteroatoms. The van der Waals surface area contributed by atoms with Gasteiger partial charge in [-0.3, -0.25) is 10.1 Å². The molecular weight excluding hydrogens is 227 g/mol. The topological polar surface area (TPSA) is 103 Å². The predicted molar refractivity (Wildman–Crippen MR) is 49.9 cm³/mol. The third kappa shape index (κ3) is 3.60. The van der Waals surface area contributed by atoms with E-state index in [2.05, 4.69) is 0 Å². The molecule has 0 aliphatic rings. The Morgan fingerprint density at radius 3 is 2.47 bits per heavy atom. The monoisotopic (exact) mass is 234 g/mol. The number of sulfonamides is 1. The van der Waals surface area contributed by atoms with Gasteiger partial charge in [-0.25, -0.2) is 17.9 Å². The fraction of sp³-hybridized carbons (Fsp3) is 0.143. The van der Waals surface area contributed by atoms with Crippen LogP contribution in [-0.2, 0) is 15.8 Å². The quantitative estimate of drug-likeness (QED) is 0.608. The van der Waals surface area contributed by atoms with Gasteiger partial charge in [0.2, 0.25) is 10.0 Å². The van der Waals surface area contributed by atoms with E-state index in [0.717, 1.165) is 12.1 Å². The molecule has 0 atom stereocenters. The van der Waals surface area contributed by atoms with Gasteiger partial charge in [-0.15, -0.1) is 0 Å². The highest BCUT2D eigenvalue weighted by Gasteiger charge is 2.13. The van der Waals surface area contributed by atoms with E-state index in [0.29, 0.717) is 6.07 Å². The van der Waals surface area contributed by atoms with Crippen LogP contribution in [-0.4, -0.2) is 13.3 Å². The second-order valence-electron chi connectivity index (χ2n) is 2.88. The highest BCUT2D eigenvalue weighted by molar-refractivity contribution is 7.88. The van der Waals surface area contributed by atoms with Crippen LogP contribution in [0.4, 0.5) is 10.1 Å². The first-order valence-corrected chi connectivity index (χ1v) is 5.44. The number of nitro benzene ring substituents is 1. The van der Waals surface area contributed by atoms with Gasteiger partial charge in [0.1, 0.15) is 5.82 Å². The van der Waals surface area contributed by atoms with Gasteiger partial charge in [-0.1, -0.05) is 0 Å². The van der Waals surface area contributed by atoms with Gasteiger partial charge < -0.3 is 0 Å². The van der Waals surface area contributed by atoms with Crippen molar-refractivity contribution >= 4 is 15.7 Å². The number of nitrogens with zero attached hydrogens (tertiary/aromatic N) is 1. The SMILES string of the molecule is NS(=O)(=O)Cc1cc(F)cc([N+](=O)[O-])c1. The highest BCUT2D eigenvalue weighted by Crippen LogP contribution is 2.17. The Balaban J connectivity index is 3.15. The summed E-state index contributed by atoms with van der Waals surface area (Å²) in [7, 11) is -3.83. The zero-order valence-corrected chi connectivity index (χ0v) is 8.20. The van der Waals surface area contributed by atoms with E-state index in [4.69, 9.17) is 5.14 Å². The number of benzene rings is 1. The molecule has 0 bridgehead atoms. The molecule has 1 aromatic carbocycles. The maximum Gasteiger partial charge on any atom is 0.272 e. The molecule has 0 aliphatic carbocycles. The lowest BCUT2D eigenvalue weighted by Gasteiger charge is -1.99. The molecule has 82 valence electrons. The van der Waals surface area contributed by atoms with Crippen LogP contribution in [0.25, 0.3) is 0 Å². The summed E-state index contributed by atoms with van der Waals surface area (Å²) in [6, 6.07) is 2.55. The maximum absolute atomic E-state index is 12.8. The summed E-state index contributed by atoms with van der Waals surface area (Å²) in [4.78, 5) is 9.52. The fourth-order valence-corrected chi connectivity index (χ4v) is 1.69. The standard InChI is InChI=1S/C7H7FN2O4S/c8-6-1-5(4-15(9,13)14)2-7(3-6)10(11)12/h1-3H,4H2,(H2,9,13,14). The number of hydrogen-bond acceptors (Lipinski definition) is 4. The minimum absolute atomic E-state index is 0.0517. The van der Waals surface area contributed by atoms with Crippen LogP contribution >= 0.6 is 0 Å². The fourth-order valence-electron chi connectivity index (χ4n) is 1.05. The molecule has 6 nitrogen and oxygen atoms in total. The molecule has 0 aliphatic heterocycles. The zero-order chi connectivity index (χ0) is 11.6. The Morgan fingerprint density at radius 1 is 1.40 bits per heavy atom. The lowest BCUT2D eigenvalue weighted by molar-refractivity contribution is -0.385. The van der Waals surface area contributed by atoms with Gasteiger partial charge in [0.25, 0.3) is 5.69 Å². The minimum Gasteiger partial charge on any atom is -0.258 e. The van der Waals surface area contributed by atoms with Gasteiger partial charge in [-0.2, -0.15) is 0 Å². The number of halogens is 1. The number of primary sulfonamides is 1. The highest BCUT2D eigenvalue weighted by atomic mass is 32.2. The Hall–Kier alpha value is -1.54. The second-order valence-corrected chi connectivity index (χ2v) is 4.50. The number of rotatable bonds is 3. The van der Waals surface area contributed by atoms with E-state index in [1.807, 2.05) is 0 Å². The molecular formula is C7H7FN2O4S. The van der Waals surface area contributed by atoms with Crippen molar-refractivity contribution in [3.8, 4) is 0 Å². The molecule has 0 fully saturated rings. The Labute approximate surface area is 84.7 Å². The van der Waals surface area contributed by atoms with E-state index in [9.17, 15) is 22.9 Å². The van der Waals surface area contributed by atoms with Crippen LogP contribution in [0.1, 0.15) is 5.56 Å². The van der Waals surface area contributed by atoms with Crippen molar-refractivity contribution in [3.63, 3.8) is 0 Å². The zero-order valence-electron chi connectivity index (χ0n) is 7.38. The smallest absolute Gasteiger partial charge is 0.258 e. The van der Waals surface area contributed by atoms with Gasteiger partial charge in [-0.05, 0) is 11.6 Å². The number of nitrogens with two attached hydrogens (primary N) is 1. The number of nitro groups is 1. The van der Waals surface area contributed by atoms with Crippen molar-refractivity contribution in [1.29, 1.82) is 0 Å². The second kappa shape index (κ2) is 3.91. The molecule has 0 amide bonds. The summed E-state index contributed by atoms with van der Waals surface area (Å²) < 4.78 is 34.2. The minimum atomic E-state index is -3.83. The summed E-state index contributed by atoms with van der Waals surface area (Å²) in [6.45, 7) is 0. The number of non-ortho nitro benzene ring substituents is 1. The van der Waals surface area contributed by atoms with Crippen LogP contribution in [0, 0.1) is 15.9 Å². The molecule has 0 aromatic heterocycles. The van der Waals surface area contributed by atoms with Crippen LogP contribution in [0.3, 0.4) is 0 Å². The molecule has 0 radical (unpaired) electrons. The molecule has 1 aromatic rings. The molecule has 15 heavy (non-hydrogen) atoms. The van der Waals surface area contributed by atoms with Crippen molar-refractivity contribution in [2.75, 3.05) is 0 Å². The van der Waals surface area contributed by atoms with E-state index in [1.54, 1.807) is 0 Å². The Kier molecular flexibility index (Phi) is 3.01. The first kappa shape index (κ1) is 11.5. The van der Waals surface area contributed by atoms with E-state index in [-0.39, 0.29) is 5.56 Å². The summed E-state index contributed by atoms with van der Waals surface area (Å²) in [5.74, 6) is -1.51. The van der Waals surface area contributed by atoms with E-state index in [1.165, 1.54) is 0 Å². The summed E-state index contributed by atoms with van der Waals surface area (Å²) in [6.07, 6.45) is 0. The molecule has 1 rings (SSSR count). The van der Waals surface area contributed by atoms with Crippen molar-refractivity contribution in [2.45, 2.75) is 5.75 Å². The predicted octanol–water partition coefficient (Wildman–Crippen LogP) is 0.522. The van der Waals surface area contributed by atoms with Crippen molar-refractivity contribution in [1.82, 2.24) is 0 Å². The Morgan fingerprint density at radius 2 is 2.00 bits per heavy atom. The van der Waals surface area contributed by atoms with Crippen LogP contribution < -0.4 is 5.14 Å². The van der Waals surface area contributed by atoms with Crippen molar-refractivity contribution in [2.24, 2.45) is 5.14 Å². The van der Waals surface area contributed by atoms with Gasteiger partial charge in [0.15, 0.2) is 0 Å². The first-order chi connectivity index (χ1) is 6.78. The average molecular weight is 234 g/mol. The van der Waals surface area contributed by atoms with Gasteiger partial charge >= 0.3 is 0 Å². The Bertz CT molecular complexity index is 500. The van der Waals surface area contributed by atoms with Crippen molar-refractivity contribution < 1.29 is 17.7 Å². The van der Waals surface area contributed by atoms with Crippen LogP contribution in [0.5, 0.6) is 0 Å². The maximum atomic E-state index is 12.8. The third-order valence-electron chi connectivity index (χ3n) is 1.52. The normalized spacial score (nSPS) is 11.3. The summed E-state index contributed by atoms with van der Waals surface area (Å²) in [5, 5.41) is 15.1. The molecule has 0 spiro atoms. The van der Waals surface area contributed by atoms with Crippen LogP contribution in [0.15, 0.2) is 18.2 Å². The molecule has 0 saturated heterocycles. The van der Waals surface area contributed by atoms with E-state index >= 15 is 0 Å². The lowest BCUT2D eigenvalue weighted by Crippen LogP contribution is -2.14. The number of hydrogen-bond donors (Lipinski definition) is 1. The summed E-state index contributed by atoms with van der Waals surface area (Å²) in [5.41, 5.74) is -0.558.